The molecule has 0 radical (unpaired) electrons. The third-order valence-electron chi connectivity index (χ3n) is 4.93. The van der Waals surface area contributed by atoms with Crippen LogP contribution in [0, 0.1) is 17.3 Å². The first kappa shape index (κ1) is 14.7. The van der Waals surface area contributed by atoms with Gasteiger partial charge in [-0.2, -0.15) is 0 Å². The Morgan fingerprint density at radius 3 is 1.78 bits per heavy atom. The molecule has 0 aliphatic heterocycles. The molecule has 0 aromatic rings. The molecule has 1 aliphatic carbocycles. The Morgan fingerprint density at radius 2 is 1.44 bits per heavy atom. The Kier molecular flexibility index (Phi) is 4.20. The second-order valence-corrected chi connectivity index (χ2v) is 5.63. The van der Waals surface area contributed by atoms with E-state index in [-0.39, 0.29) is 5.41 Å². The molecule has 0 heterocycles. The molecule has 2 atom stereocenters. The Bertz CT molecular complexity index is 369. The van der Waals surface area contributed by atoms with Crippen molar-refractivity contribution < 1.29 is 19.8 Å². The summed E-state index contributed by atoms with van der Waals surface area (Å²) in [4.78, 5) is 22.3. The quantitative estimate of drug-likeness (QED) is 0.461. The van der Waals surface area contributed by atoms with Crippen LogP contribution >= 0.6 is 0 Å². The van der Waals surface area contributed by atoms with Crippen LogP contribution in [0.5, 0.6) is 0 Å². The number of carbonyl (C=O) groups is 2. The second kappa shape index (κ2) is 5.12. The van der Waals surface area contributed by atoms with Crippen molar-refractivity contribution in [2.75, 3.05) is 0 Å². The van der Waals surface area contributed by atoms with Gasteiger partial charge in [0.1, 0.15) is 5.57 Å². The summed E-state index contributed by atoms with van der Waals surface area (Å²) in [5.41, 5.74) is -0.301. The van der Waals surface area contributed by atoms with Crippen molar-refractivity contribution in [3.63, 3.8) is 0 Å². The summed E-state index contributed by atoms with van der Waals surface area (Å²) in [6.07, 6.45) is 3.16. The van der Waals surface area contributed by atoms with Crippen LogP contribution in [0.15, 0.2) is 11.1 Å². The standard InChI is InChI=1S/C14H22O4/c1-8-6-5-7-9(2)14(8,4)10(3)11(12(15)16)13(17)18/h8-9H,5-7H2,1-4H3,(H,15,16)(H,17,18). The van der Waals surface area contributed by atoms with Crippen LogP contribution < -0.4 is 0 Å². The van der Waals surface area contributed by atoms with Gasteiger partial charge in [-0.15, -0.1) is 0 Å². The number of rotatable bonds is 3. The van der Waals surface area contributed by atoms with E-state index in [9.17, 15) is 9.59 Å². The van der Waals surface area contributed by atoms with E-state index < -0.39 is 17.5 Å². The Labute approximate surface area is 108 Å². The van der Waals surface area contributed by atoms with Crippen molar-refractivity contribution in [2.45, 2.75) is 47.0 Å². The molecule has 2 unspecified atom stereocenters. The molecule has 1 rings (SSSR count). The summed E-state index contributed by atoms with van der Waals surface area (Å²) in [6.45, 7) is 7.83. The number of carboxylic acids is 2. The lowest BCUT2D eigenvalue weighted by molar-refractivity contribution is -0.140. The van der Waals surface area contributed by atoms with E-state index in [4.69, 9.17) is 10.2 Å². The number of allylic oxidation sites excluding steroid dienone is 1. The maximum Gasteiger partial charge on any atom is 0.343 e. The molecule has 4 nitrogen and oxygen atoms in total. The first-order valence-electron chi connectivity index (χ1n) is 6.40. The Balaban J connectivity index is 3.35. The highest BCUT2D eigenvalue weighted by Crippen LogP contribution is 2.50. The van der Waals surface area contributed by atoms with Crippen LogP contribution in [0.2, 0.25) is 0 Å². The first-order valence-corrected chi connectivity index (χ1v) is 6.40. The molecule has 2 N–H and O–H groups in total. The molecule has 1 fully saturated rings. The topological polar surface area (TPSA) is 74.6 Å². The van der Waals surface area contributed by atoms with Crippen molar-refractivity contribution in [3.8, 4) is 0 Å². The van der Waals surface area contributed by atoms with Crippen molar-refractivity contribution in [3.05, 3.63) is 11.1 Å². The number of hydrogen-bond acceptors (Lipinski definition) is 2. The average molecular weight is 254 g/mol. The van der Waals surface area contributed by atoms with E-state index in [1.54, 1.807) is 6.92 Å². The zero-order chi connectivity index (χ0) is 14.1. The minimum Gasteiger partial charge on any atom is -0.477 e. The van der Waals surface area contributed by atoms with Crippen molar-refractivity contribution in [1.29, 1.82) is 0 Å². The van der Waals surface area contributed by atoms with Gasteiger partial charge in [0.15, 0.2) is 0 Å². The highest BCUT2D eigenvalue weighted by Gasteiger charge is 2.43. The minimum atomic E-state index is -1.34. The predicted octanol–water partition coefficient (Wildman–Crippen LogP) is 2.93. The van der Waals surface area contributed by atoms with E-state index in [0.717, 1.165) is 19.3 Å². The molecular weight excluding hydrogens is 232 g/mol. The van der Waals surface area contributed by atoms with Crippen LogP contribution in [0.3, 0.4) is 0 Å². The van der Waals surface area contributed by atoms with Gasteiger partial charge in [0.25, 0.3) is 0 Å². The minimum absolute atomic E-state index is 0.301. The van der Waals surface area contributed by atoms with Gasteiger partial charge < -0.3 is 10.2 Å². The summed E-state index contributed by atoms with van der Waals surface area (Å²) in [5.74, 6) is -2.08. The van der Waals surface area contributed by atoms with Crippen LogP contribution in [0.4, 0.5) is 0 Å². The molecule has 0 amide bonds. The summed E-state index contributed by atoms with van der Waals surface area (Å²) >= 11 is 0. The fourth-order valence-corrected chi connectivity index (χ4v) is 3.24. The highest BCUT2D eigenvalue weighted by atomic mass is 16.4. The van der Waals surface area contributed by atoms with E-state index in [1.807, 2.05) is 6.92 Å². The van der Waals surface area contributed by atoms with Crippen LogP contribution in [-0.2, 0) is 9.59 Å². The number of hydrogen-bond donors (Lipinski definition) is 2. The van der Waals surface area contributed by atoms with Gasteiger partial charge in [0.05, 0.1) is 0 Å². The summed E-state index contributed by atoms with van der Waals surface area (Å²) in [7, 11) is 0. The second-order valence-electron chi connectivity index (χ2n) is 5.63. The number of carboxylic acid groups (broad SMARTS) is 2. The van der Waals surface area contributed by atoms with Gasteiger partial charge in [-0.1, -0.05) is 27.2 Å². The molecule has 0 aromatic carbocycles. The fourth-order valence-electron chi connectivity index (χ4n) is 3.24. The van der Waals surface area contributed by atoms with Crippen molar-refractivity contribution in [2.24, 2.45) is 17.3 Å². The van der Waals surface area contributed by atoms with E-state index >= 15 is 0 Å². The lowest BCUT2D eigenvalue weighted by atomic mass is 9.58. The average Bonchev–Trinajstić information content (AvgIpc) is 2.24. The maximum absolute atomic E-state index is 11.1. The van der Waals surface area contributed by atoms with E-state index in [1.165, 1.54) is 0 Å². The first-order chi connectivity index (χ1) is 8.22. The fraction of sp³-hybridized carbons (Fsp3) is 0.714. The SMILES string of the molecule is CC(=C(C(=O)O)C(=O)O)C1(C)C(C)CCCC1C. The summed E-state index contributed by atoms with van der Waals surface area (Å²) in [5, 5.41) is 18.2. The molecule has 18 heavy (non-hydrogen) atoms. The zero-order valence-corrected chi connectivity index (χ0v) is 11.5. The van der Waals surface area contributed by atoms with Gasteiger partial charge in [-0.3, -0.25) is 0 Å². The molecular formula is C14H22O4. The van der Waals surface area contributed by atoms with Crippen LogP contribution in [0.25, 0.3) is 0 Å². The molecule has 0 saturated heterocycles. The third-order valence-corrected chi connectivity index (χ3v) is 4.93. The lowest BCUT2D eigenvalue weighted by Gasteiger charge is -2.46. The summed E-state index contributed by atoms with van der Waals surface area (Å²) in [6, 6.07) is 0. The van der Waals surface area contributed by atoms with Crippen LogP contribution in [-0.4, -0.2) is 22.2 Å². The molecule has 102 valence electrons. The predicted molar refractivity (Wildman–Crippen MR) is 68.3 cm³/mol. The molecule has 0 spiro atoms. The molecule has 4 heteroatoms. The monoisotopic (exact) mass is 254 g/mol. The van der Waals surface area contributed by atoms with Gasteiger partial charge in [0, 0.05) is 0 Å². The van der Waals surface area contributed by atoms with Crippen molar-refractivity contribution in [1.82, 2.24) is 0 Å². The largest absolute Gasteiger partial charge is 0.477 e. The molecule has 0 aromatic heterocycles. The highest BCUT2D eigenvalue weighted by molar-refractivity contribution is 6.13. The van der Waals surface area contributed by atoms with Gasteiger partial charge >= 0.3 is 11.9 Å². The normalized spacial score (nSPS) is 31.8. The Hall–Kier alpha value is -1.32. The van der Waals surface area contributed by atoms with E-state index in [2.05, 4.69) is 13.8 Å². The number of aliphatic carboxylic acids is 2. The summed E-state index contributed by atoms with van der Waals surface area (Å²) < 4.78 is 0. The third kappa shape index (κ3) is 2.28. The molecule has 1 saturated carbocycles. The lowest BCUT2D eigenvalue weighted by Crippen LogP contribution is -2.39. The Morgan fingerprint density at radius 1 is 1.06 bits per heavy atom. The van der Waals surface area contributed by atoms with Crippen LogP contribution in [0.1, 0.15) is 47.0 Å². The van der Waals surface area contributed by atoms with Gasteiger partial charge in [-0.25, -0.2) is 9.59 Å². The molecule has 1 aliphatic rings. The molecule has 0 bridgehead atoms. The maximum atomic E-state index is 11.1. The smallest absolute Gasteiger partial charge is 0.343 e. The van der Waals surface area contributed by atoms with E-state index in [0.29, 0.717) is 17.4 Å². The van der Waals surface area contributed by atoms with Gasteiger partial charge in [-0.05, 0) is 42.6 Å². The van der Waals surface area contributed by atoms with Gasteiger partial charge in [0.2, 0.25) is 0 Å². The zero-order valence-electron chi connectivity index (χ0n) is 11.5. The van der Waals surface area contributed by atoms with Crippen molar-refractivity contribution >= 4 is 11.9 Å².